The summed E-state index contributed by atoms with van der Waals surface area (Å²) in [6.07, 6.45) is 3.27. The van der Waals surface area contributed by atoms with E-state index in [0.29, 0.717) is 31.0 Å². The van der Waals surface area contributed by atoms with Crippen LogP contribution in [0.25, 0.3) is 5.69 Å². The Kier molecular flexibility index (Phi) is 4.39. The number of hydrogen-bond acceptors (Lipinski definition) is 7. The maximum atomic E-state index is 12.7. The summed E-state index contributed by atoms with van der Waals surface area (Å²) in [5.41, 5.74) is 1.43. The van der Waals surface area contributed by atoms with Gasteiger partial charge in [-0.25, -0.2) is 8.42 Å². The SMILES string of the molecule is N#CC1(C(=O)N2CC3(CC(c4nnc5n4-c4ccc(Cl)cc4CN(C4CS(=O)(=O)C4)C5)C3)C2)CC1. The van der Waals surface area contributed by atoms with Gasteiger partial charge in [0.25, 0.3) is 0 Å². The molecule has 11 heteroatoms. The van der Waals surface area contributed by atoms with E-state index in [9.17, 15) is 18.5 Å². The summed E-state index contributed by atoms with van der Waals surface area (Å²) in [4.78, 5) is 16.7. The number of carbonyl (C=O) groups excluding carboxylic acids is 1. The Hall–Kier alpha value is -2.48. The van der Waals surface area contributed by atoms with E-state index in [1.807, 2.05) is 23.1 Å². The maximum Gasteiger partial charge on any atom is 0.243 e. The summed E-state index contributed by atoms with van der Waals surface area (Å²) >= 11 is 6.33. The summed E-state index contributed by atoms with van der Waals surface area (Å²) in [6.45, 7) is 2.60. The van der Waals surface area contributed by atoms with Crippen LogP contribution in [0.4, 0.5) is 0 Å². The molecule has 0 radical (unpaired) electrons. The molecule has 2 saturated heterocycles. The van der Waals surface area contributed by atoms with Gasteiger partial charge in [0.1, 0.15) is 11.2 Å². The van der Waals surface area contributed by atoms with Crippen molar-refractivity contribution in [2.24, 2.45) is 10.8 Å². The first-order valence-corrected chi connectivity index (χ1v) is 14.3. The minimum Gasteiger partial charge on any atom is -0.340 e. The van der Waals surface area contributed by atoms with Gasteiger partial charge >= 0.3 is 0 Å². The number of likely N-dealkylation sites (tertiary alicyclic amines) is 1. The van der Waals surface area contributed by atoms with Crippen molar-refractivity contribution in [2.75, 3.05) is 24.6 Å². The number of nitriles is 1. The third kappa shape index (κ3) is 3.28. The van der Waals surface area contributed by atoms with E-state index in [1.165, 1.54) is 0 Å². The molecule has 2 aromatic rings. The van der Waals surface area contributed by atoms with Gasteiger partial charge < -0.3 is 4.90 Å². The number of aromatic nitrogens is 3. The van der Waals surface area contributed by atoms with Crippen molar-refractivity contribution in [1.29, 1.82) is 5.26 Å². The van der Waals surface area contributed by atoms with Crippen LogP contribution < -0.4 is 0 Å². The Labute approximate surface area is 208 Å². The number of hydrogen-bond donors (Lipinski definition) is 0. The van der Waals surface area contributed by atoms with Gasteiger partial charge in [0, 0.05) is 42.0 Å². The molecule has 1 aromatic heterocycles. The van der Waals surface area contributed by atoms with Crippen LogP contribution in [0, 0.1) is 22.2 Å². The fourth-order valence-corrected chi connectivity index (χ4v) is 8.15. The van der Waals surface area contributed by atoms with Gasteiger partial charge in [-0.1, -0.05) is 11.6 Å². The Morgan fingerprint density at radius 1 is 1.14 bits per heavy atom. The normalized spacial score (nSPS) is 25.9. The van der Waals surface area contributed by atoms with Crippen molar-refractivity contribution >= 4 is 27.3 Å². The molecular weight excluding hydrogens is 488 g/mol. The molecule has 5 aliphatic rings. The lowest BCUT2D eigenvalue weighted by Crippen LogP contribution is -2.64. The summed E-state index contributed by atoms with van der Waals surface area (Å²) in [7, 11) is -2.94. The molecule has 7 rings (SSSR count). The number of sulfone groups is 1. The Bertz CT molecular complexity index is 1400. The second-order valence-corrected chi connectivity index (χ2v) is 13.8. The van der Waals surface area contributed by atoms with Gasteiger partial charge in [-0.3, -0.25) is 14.3 Å². The fraction of sp³-hybridized carbons (Fsp3) is 0.583. The van der Waals surface area contributed by atoms with Gasteiger partial charge in [-0.2, -0.15) is 5.26 Å². The molecule has 182 valence electrons. The van der Waals surface area contributed by atoms with Crippen molar-refractivity contribution in [3.63, 3.8) is 0 Å². The molecule has 1 spiro atoms. The largest absolute Gasteiger partial charge is 0.340 e. The third-order valence-corrected chi connectivity index (χ3v) is 10.6. The molecule has 4 heterocycles. The Balaban J connectivity index is 1.13. The molecule has 3 aliphatic heterocycles. The fourth-order valence-electron chi connectivity index (χ4n) is 6.46. The van der Waals surface area contributed by atoms with Gasteiger partial charge in [0.05, 0.1) is 29.8 Å². The highest BCUT2D eigenvalue weighted by molar-refractivity contribution is 7.92. The second kappa shape index (κ2) is 7.05. The van der Waals surface area contributed by atoms with Crippen LogP contribution in [0.3, 0.4) is 0 Å². The van der Waals surface area contributed by atoms with Crippen LogP contribution in [0.1, 0.15) is 48.8 Å². The van der Waals surface area contributed by atoms with Crippen molar-refractivity contribution < 1.29 is 13.2 Å². The quantitative estimate of drug-likeness (QED) is 0.618. The number of nitrogens with zero attached hydrogens (tertiary/aromatic N) is 6. The molecule has 0 atom stereocenters. The zero-order chi connectivity index (χ0) is 24.2. The third-order valence-electron chi connectivity index (χ3n) is 8.60. The minimum atomic E-state index is -2.94. The molecule has 9 nitrogen and oxygen atoms in total. The van der Waals surface area contributed by atoms with Crippen LogP contribution in [0.5, 0.6) is 0 Å². The molecule has 4 fully saturated rings. The minimum absolute atomic E-state index is 0.00863. The average molecular weight is 513 g/mol. The van der Waals surface area contributed by atoms with E-state index in [2.05, 4.69) is 25.7 Å². The van der Waals surface area contributed by atoms with Crippen molar-refractivity contribution in [2.45, 2.75) is 50.7 Å². The van der Waals surface area contributed by atoms with Crippen LogP contribution in [-0.2, 0) is 27.7 Å². The highest BCUT2D eigenvalue weighted by Gasteiger charge is 2.60. The predicted molar refractivity (Wildman–Crippen MR) is 126 cm³/mol. The van der Waals surface area contributed by atoms with E-state index < -0.39 is 15.3 Å². The molecule has 0 bridgehead atoms. The van der Waals surface area contributed by atoms with Gasteiger partial charge in [0.15, 0.2) is 15.7 Å². The maximum absolute atomic E-state index is 12.7. The lowest BCUT2D eigenvalue weighted by molar-refractivity contribution is -0.155. The smallest absolute Gasteiger partial charge is 0.243 e. The number of benzene rings is 1. The standard InChI is InChI=1S/C24H25ClN6O3S/c25-17-1-2-19-15(5-17)8-29(18-10-35(33,34)11-18)9-20-27-28-21(31(19)20)16-6-23(7-16)13-30(14-23)22(32)24(12-26)3-4-24/h1-2,5,16,18H,3-4,6-11,13-14H2. The average Bonchev–Trinajstić information content (AvgIpc) is 3.48. The first kappa shape index (κ1) is 21.8. The van der Waals surface area contributed by atoms with Gasteiger partial charge in [0.2, 0.25) is 5.91 Å². The van der Waals surface area contributed by atoms with Crippen molar-refractivity contribution in [3.8, 4) is 11.8 Å². The first-order valence-electron chi connectivity index (χ1n) is 12.1. The molecule has 0 unspecified atom stereocenters. The molecule has 1 aromatic carbocycles. The van der Waals surface area contributed by atoms with Crippen LogP contribution >= 0.6 is 11.6 Å². The first-order chi connectivity index (χ1) is 16.7. The van der Waals surface area contributed by atoms with E-state index in [4.69, 9.17) is 11.6 Å². The van der Waals surface area contributed by atoms with E-state index in [1.54, 1.807) is 0 Å². The number of carbonyl (C=O) groups is 1. The van der Waals surface area contributed by atoms with Gasteiger partial charge in [-0.05, 0) is 49.4 Å². The van der Waals surface area contributed by atoms with Crippen molar-refractivity contribution in [3.05, 3.63) is 40.4 Å². The summed E-state index contributed by atoms with van der Waals surface area (Å²) in [5.74, 6) is 2.36. The van der Waals surface area contributed by atoms with Crippen LogP contribution in [0.2, 0.25) is 5.02 Å². The molecule has 2 saturated carbocycles. The van der Waals surface area contributed by atoms with E-state index in [0.717, 1.165) is 48.8 Å². The molecular formula is C24H25ClN6O3S. The molecule has 1 amide bonds. The van der Waals surface area contributed by atoms with Gasteiger partial charge in [-0.15, -0.1) is 10.2 Å². The van der Waals surface area contributed by atoms with Crippen LogP contribution in [-0.4, -0.2) is 69.5 Å². The van der Waals surface area contributed by atoms with E-state index in [-0.39, 0.29) is 34.8 Å². The Morgan fingerprint density at radius 3 is 2.54 bits per heavy atom. The zero-order valence-electron chi connectivity index (χ0n) is 19.2. The summed E-state index contributed by atoms with van der Waals surface area (Å²) in [6, 6.07) is 8.02. The topological polar surface area (TPSA) is 112 Å². The van der Waals surface area contributed by atoms with Crippen molar-refractivity contribution in [1.82, 2.24) is 24.6 Å². The molecule has 2 aliphatic carbocycles. The number of amides is 1. The van der Waals surface area contributed by atoms with E-state index >= 15 is 0 Å². The zero-order valence-corrected chi connectivity index (χ0v) is 20.7. The summed E-state index contributed by atoms with van der Waals surface area (Å²) in [5, 5.41) is 19.1. The highest BCUT2D eigenvalue weighted by atomic mass is 35.5. The number of halogens is 1. The second-order valence-electron chi connectivity index (χ2n) is 11.2. The van der Waals surface area contributed by atoms with Crippen LogP contribution in [0.15, 0.2) is 18.2 Å². The Morgan fingerprint density at radius 2 is 1.89 bits per heavy atom. The number of rotatable bonds is 3. The number of fused-ring (bicyclic) bond motifs is 3. The molecule has 35 heavy (non-hydrogen) atoms. The summed E-state index contributed by atoms with van der Waals surface area (Å²) < 4.78 is 25.8. The molecule has 0 N–H and O–H groups in total. The lowest BCUT2D eigenvalue weighted by atomic mass is 9.57. The predicted octanol–water partition coefficient (Wildman–Crippen LogP) is 2.04. The monoisotopic (exact) mass is 512 g/mol. The highest BCUT2D eigenvalue weighted by Crippen LogP contribution is 2.58. The lowest BCUT2D eigenvalue weighted by Gasteiger charge is -2.59.